The van der Waals surface area contributed by atoms with Crippen LogP contribution in [0.3, 0.4) is 0 Å². The highest BCUT2D eigenvalue weighted by Crippen LogP contribution is 2.20. The van der Waals surface area contributed by atoms with Crippen LogP contribution in [0.4, 0.5) is 11.4 Å². The molecule has 2 rings (SSSR count). The molecule has 2 aromatic carbocycles. The van der Waals surface area contributed by atoms with Crippen LogP contribution in [0, 0.1) is 0 Å². The van der Waals surface area contributed by atoms with Gasteiger partial charge in [-0.3, -0.25) is 0 Å². The fraction of sp³-hybridized carbons (Fsp3) is 0.133. The van der Waals surface area contributed by atoms with Crippen LogP contribution < -0.4 is 0 Å². The van der Waals surface area contributed by atoms with E-state index >= 15 is 0 Å². The molecule has 0 unspecified atom stereocenters. The molecule has 0 bridgehead atoms. The molecule has 0 heterocycles. The van der Waals surface area contributed by atoms with Crippen molar-refractivity contribution in [3.8, 4) is 0 Å². The van der Waals surface area contributed by atoms with Gasteiger partial charge in [0.25, 0.3) is 0 Å². The molecule has 0 amide bonds. The summed E-state index contributed by atoms with van der Waals surface area (Å²) in [4.78, 5) is 10.8. The van der Waals surface area contributed by atoms with Crippen molar-refractivity contribution < 1.29 is 9.90 Å². The number of azo groups is 1. The first-order valence-corrected chi connectivity index (χ1v) is 6.03. The van der Waals surface area contributed by atoms with Gasteiger partial charge >= 0.3 is 5.97 Å². The normalized spacial score (nSPS) is 10.8. The molecule has 96 valence electrons. The smallest absolute Gasteiger partial charge is 0.335 e. The first-order valence-electron chi connectivity index (χ1n) is 6.03. The Morgan fingerprint density at radius 1 is 1.05 bits per heavy atom. The van der Waals surface area contributed by atoms with Gasteiger partial charge in [-0.15, -0.1) is 0 Å². The summed E-state index contributed by atoms with van der Waals surface area (Å²) in [6, 6.07) is 14.2. The Kier molecular flexibility index (Phi) is 4.03. The van der Waals surface area contributed by atoms with Gasteiger partial charge in [0, 0.05) is 0 Å². The Labute approximate surface area is 111 Å². The molecule has 1 N–H and O–H groups in total. The summed E-state index contributed by atoms with van der Waals surface area (Å²) >= 11 is 0. The minimum atomic E-state index is -0.968. The summed E-state index contributed by atoms with van der Waals surface area (Å²) < 4.78 is 0. The third kappa shape index (κ3) is 3.48. The van der Waals surface area contributed by atoms with E-state index in [1.54, 1.807) is 12.1 Å². The summed E-state index contributed by atoms with van der Waals surface area (Å²) in [7, 11) is 0. The van der Waals surface area contributed by atoms with E-state index in [9.17, 15) is 4.79 Å². The van der Waals surface area contributed by atoms with Crippen molar-refractivity contribution in [3.05, 3.63) is 59.7 Å². The molecule has 0 saturated carbocycles. The third-order valence-electron chi connectivity index (χ3n) is 2.69. The Balaban J connectivity index is 2.22. The van der Waals surface area contributed by atoms with Crippen LogP contribution in [-0.4, -0.2) is 11.1 Å². The van der Waals surface area contributed by atoms with Crippen LogP contribution >= 0.6 is 0 Å². The van der Waals surface area contributed by atoms with Crippen molar-refractivity contribution in [2.45, 2.75) is 13.3 Å². The highest BCUT2D eigenvalue weighted by Gasteiger charge is 2.02. The molecule has 0 aliphatic rings. The van der Waals surface area contributed by atoms with Gasteiger partial charge in [0.2, 0.25) is 0 Å². The highest BCUT2D eigenvalue weighted by atomic mass is 16.4. The molecule has 0 aliphatic heterocycles. The SMILES string of the molecule is CCc1cccc(N=Nc2cccc(C(=O)O)c2)c1. The standard InChI is InChI=1S/C15H14N2O2/c1-2-11-5-3-7-13(9-11)16-17-14-8-4-6-12(10-14)15(18)19/h3-10H,2H2,1H3,(H,18,19). The maximum Gasteiger partial charge on any atom is 0.335 e. The molecule has 2 aromatic rings. The summed E-state index contributed by atoms with van der Waals surface area (Å²) in [5.41, 5.74) is 2.69. The molecule has 4 nitrogen and oxygen atoms in total. The maximum absolute atomic E-state index is 10.8. The Morgan fingerprint density at radius 3 is 2.32 bits per heavy atom. The van der Waals surface area contributed by atoms with E-state index in [1.807, 2.05) is 24.3 Å². The molecule has 0 atom stereocenters. The average Bonchev–Trinajstić information content (AvgIpc) is 2.45. The van der Waals surface area contributed by atoms with Gasteiger partial charge in [-0.1, -0.05) is 25.1 Å². The summed E-state index contributed by atoms with van der Waals surface area (Å²) in [5, 5.41) is 17.1. The van der Waals surface area contributed by atoms with E-state index in [-0.39, 0.29) is 5.56 Å². The molecule has 0 aromatic heterocycles. The van der Waals surface area contributed by atoms with Crippen molar-refractivity contribution in [1.29, 1.82) is 0 Å². The van der Waals surface area contributed by atoms with Crippen LogP contribution in [-0.2, 0) is 6.42 Å². The molecule has 0 aliphatic carbocycles. The number of aromatic carboxylic acids is 1. The van der Waals surface area contributed by atoms with E-state index in [2.05, 4.69) is 17.2 Å². The number of rotatable bonds is 4. The summed E-state index contributed by atoms with van der Waals surface area (Å²) in [6.45, 7) is 2.08. The fourth-order valence-corrected chi connectivity index (χ4v) is 1.66. The zero-order valence-corrected chi connectivity index (χ0v) is 10.6. The number of carboxylic acid groups (broad SMARTS) is 1. The second kappa shape index (κ2) is 5.91. The number of hydrogen-bond acceptors (Lipinski definition) is 3. The molecule has 0 saturated heterocycles. The van der Waals surface area contributed by atoms with E-state index in [0.29, 0.717) is 5.69 Å². The third-order valence-corrected chi connectivity index (χ3v) is 2.69. The van der Waals surface area contributed by atoms with Crippen LogP contribution in [0.5, 0.6) is 0 Å². The van der Waals surface area contributed by atoms with Gasteiger partial charge in [-0.25, -0.2) is 4.79 Å². The zero-order valence-electron chi connectivity index (χ0n) is 10.6. The Morgan fingerprint density at radius 2 is 1.68 bits per heavy atom. The first-order chi connectivity index (χ1) is 9.19. The van der Waals surface area contributed by atoms with Gasteiger partial charge in [0.1, 0.15) is 0 Å². The molecular formula is C15H14N2O2. The second-order valence-corrected chi connectivity index (χ2v) is 4.08. The number of aryl methyl sites for hydroxylation is 1. The van der Waals surface area contributed by atoms with Crippen molar-refractivity contribution in [2.24, 2.45) is 10.2 Å². The predicted molar refractivity (Wildman–Crippen MR) is 73.4 cm³/mol. The van der Waals surface area contributed by atoms with Gasteiger partial charge < -0.3 is 5.11 Å². The van der Waals surface area contributed by atoms with Gasteiger partial charge in [0.15, 0.2) is 0 Å². The summed E-state index contributed by atoms with van der Waals surface area (Å²) in [5.74, 6) is -0.968. The van der Waals surface area contributed by atoms with Gasteiger partial charge in [-0.2, -0.15) is 10.2 Å². The lowest BCUT2D eigenvalue weighted by Crippen LogP contribution is -1.94. The molecule has 0 spiro atoms. The van der Waals surface area contributed by atoms with E-state index in [0.717, 1.165) is 12.1 Å². The average molecular weight is 254 g/mol. The largest absolute Gasteiger partial charge is 0.478 e. The summed E-state index contributed by atoms with van der Waals surface area (Å²) in [6.07, 6.45) is 0.942. The lowest BCUT2D eigenvalue weighted by atomic mass is 10.1. The van der Waals surface area contributed by atoms with Crippen LogP contribution in [0.1, 0.15) is 22.8 Å². The molecule has 0 fully saturated rings. The quantitative estimate of drug-likeness (QED) is 0.824. The van der Waals surface area contributed by atoms with Crippen LogP contribution in [0.15, 0.2) is 58.8 Å². The second-order valence-electron chi connectivity index (χ2n) is 4.08. The lowest BCUT2D eigenvalue weighted by Gasteiger charge is -1.98. The first kappa shape index (κ1) is 13.0. The zero-order chi connectivity index (χ0) is 13.7. The molecular weight excluding hydrogens is 240 g/mol. The monoisotopic (exact) mass is 254 g/mol. The van der Waals surface area contributed by atoms with Crippen LogP contribution in [0.25, 0.3) is 0 Å². The van der Waals surface area contributed by atoms with E-state index in [1.165, 1.54) is 17.7 Å². The highest BCUT2D eigenvalue weighted by molar-refractivity contribution is 5.88. The number of hydrogen-bond donors (Lipinski definition) is 1. The molecule has 4 heteroatoms. The minimum Gasteiger partial charge on any atom is -0.478 e. The predicted octanol–water partition coefficient (Wildman–Crippen LogP) is 4.36. The Hall–Kier alpha value is -2.49. The van der Waals surface area contributed by atoms with Crippen molar-refractivity contribution in [3.63, 3.8) is 0 Å². The van der Waals surface area contributed by atoms with Gasteiger partial charge in [-0.05, 0) is 42.3 Å². The van der Waals surface area contributed by atoms with E-state index < -0.39 is 5.97 Å². The molecule has 19 heavy (non-hydrogen) atoms. The number of benzene rings is 2. The van der Waals surface area contributed by atoms with Crippen molar-refractivity contribution >= 4 is 17.3 Å². The van der Waals surface area contributed by atoms with Gasteiger partial charge in [0.05, 0.1) is 16.9 Å². The maximum atomic E-state index is 10.8. The number of nitrogens with zero attached hydrogens (tertiary/aromatic N) is 2. The van der Waals surface area contributed by atoms with Crippen molar-refractivity contribution in [1.82, 2.24) is 0 Å². The minimum absolute atomic E-state index is 0.207. The van der Waals surface area contributed by atoms with E-state index in [4.69, 9.17) is 5.11 Å². The Bertz CT molecular complexity index is 621. The fourth-order valence-electron chi connectivity index (χ4n) is 1.66. The number of carbonyl (C=O) groups is 1. The lowest BCUT2D eigenvalue weighted by molar-refractivity contribution is 0.0697. The molecule has 0 radical (unpaired) electrons. The van der Waals surface area contributed by atoms with Crippen LogP contribution in [0.2, 0.25) is 0 Å². The topological polar surface area (TPSA) is 62.0 Å². The van der Waals surface area contributed by atoms with Crippen molar-refractivity contribution in [2.75, 3.05) is 0 Å². The number of carboxylic acids is 1.